The number of primary amides is 2. The molecule has 13 heteroatoms. The van der Waals surface area contributed by atoms with Crippen LogP contribution in [0.1, 0.15) is 67.9 Å². The SMILES string of the molecule is CCCCCN(C(=O)NC(C)C)[C@@H](Cc1ccc(N(C(=O)C(=O)O)c2ccccc2C(=O)O)c(CCC(N)=O)c1)C(N)=O. The van der Waals surface area contributed by atoms with Crippen molar-refractivity contribution in [3.05, 3.63) is 59.2 Å². The van der Waals surface area contributed by atoms with Crippen molar-refractivity contribution in [2.45, 2.75) is 71.4 Å². The molecule has 0 aromatic heterocycles. The number of aryl methyl sites for hydroxylation is 1. The zero-order chi connectivity index (χ0) is 32.3. The van der Waals surface area contributed by atoms with Gasteiger partial charge >= 0.3 is 23.9 Å². The van der Waals surface area contributed by atoms with E-state index in [-0.39, 0.29) is 48.8 Å². The van der Waals surface area contributed by atoms with Crippen LogP contribution < -0.4 is 21.7 Å². The lowest BCUT2D eigenvalue weighted by atomic mass is 9.97. The highest BCUT2D eigenvalue weighted by atomic mass is 16.4. The number of anilines is 2. The van der Waals surface area contributed by atoms with Crippen molar-refractivity contribution < 1.29 is 39.0 Å². The van der Waals surface area contributed by atoms with Crippen LogP contribution in [0, 0.1) is 0 Å². The van der Waals surface area contributed by atoms with Gasteiger partial charge in [-0.25, -0.2) is 14.4 Å². The number of nitrogens with zero attached hydrogens (tertiary/aromatic N) is 2. The largest absolute Gasteiger partial charge is 0.478 e. The minimum atomic E-state index is -1.84. The van der Waals surface area contributed by atoms with E-state index in [9.17, 15) is 39.0 Å². The van der Waals surface area contributed by atoms with Crippen LogP contribution in [0.15, 0.2) is 42.5 Å². The zero-order valence-electron chi connectivity index (χ0n) is 24.5. The Morgan fingerprint density at radius 2 is 1.60 bits per heavy atom. The van der Waals surface area contributed by atoms with Gasteiger partial charge in [0.25, 0.3) is 0 Å². The summed E-state index contributed by atoms with van der Waals surface area (Å²) in [7, 11) is 0. The molecule has 7 N–H and O–H groups in total. The summed E-state index contributed by atoms with van der Waals surface area (Å²) in [5.41, 5.74) is 11.4. The molecule has 2 aromatic rings. The molecule has 232 valence electrons. The number of unbranched alkanes of at least 4 members (excludes halogenated alkanes) is 2. The summed E-state index contributed by atoms with van der Waals surface area (Å²) in [6.45, 7) is 5.86. The third-order valence-corrected chi connectivity index (χ3v) is 6.60. The molecule has 1 atom stereocenters. The topological polar surface area (TPSA) is 213 Å². The average molecular weight is 598 g/mol. The van der Waals surface area contributed by atoms with Crippen LogP contribution in [0.4, 0.5) is 16.2 Å². The fourth-order valence-electron chi connectivity index (χ4n) is 4.58. The van der Waals surface area contributed by atoms with E-state index in [1.54, 1.807) is 19.9 Å². The van der Waals surface area contributed by atoms with E-state index >= 15 is 0 Å². The van der Waals surface area contributed by atoms with Crippen LogP contribution in [0.2, 0.25) is 0 Å². The highest BCUT2D eigenvalue weighted by molar-refractivity contribution is 6.39. The first-order valence-corrected chi connectivity index (χ1v) is 13.9. The second-order valence-corrected chi connectivity index (χ2v) is 10.3. The number of rotatable bonds is 15. The minimum Gasteiger partial charge on any atom is -0.478 e. The van der Waals surface area contributed by atoms with E-state index < -0.39 is 41.7 Å². The van der Waals surface area contributed by atoms with Crippen LogP contribution in [0.3, 0.4) is 0 Å². The van der Waals surface area contributed by atoms with Gasteiger partial charge in [0.05, 0.1) is 16.9 Å². The van der Waals surface area contributed by atoms with Crippen molar-refractivity contribution >= 4 is 47.1 Å². The fourth-order valence-corrected chi connectivity index (χ4v) is 4.58. The summed E-state index contributed by atoms with van der Waals surface area (Å²) in [6, 6.07) is 8.19. The highest BCUT2D eigenvalue weighted by Gasteiger charge is 2.31. The van der Waals surface area contributed by atoms with Crippen LogP contribution in [0.25, 0.3) is 0 Å². The van der Waals surface area contributed by atoms with Gasteiger partial charge in [0.2, 0.25) is 11.8 Å². The molecule has 0 heterocycles. The van der Waals surface area contributed by atoms with Crippen molar-refractivity contribution in [2.24, 2.45) is 11.5 Å². The van der Waals surface area contributed by atoms with Gasteiger partial charge in [-0.2, -0.15) is 0 Å². The van der Waals surface area contributed by atoms with E-state index in [0.717, 1.165) is 17.7 Å². The van der Waals surface area contributed by atoms with Crippen LogP contribution in [-0.4, -0.2) is 69.4 Å². The summed E-state index contributed by atoms with van der Waals surface area (Å²) in [6.07, 6.45) is 2.13. The van der Waals surface area contributed by atoms with Crippen molar-refractivity contribution in [3.8, 4) is 0 Å². The van der Waals surface area contributed by atoms with Crippen molar-refractivity contribution in [1.29, 1.82) is 0 Å². The summed E-state index contributed by atoms with van der Waals surface area (Å²) in [4.78, 5) is 76.3. The zero-order valence-corrected chi connectivity index (χ0v) is 24.5. The molecular formula is C30H39N5O8. The molecule has 0 radical (unpaired) electrons. The summed E-state index contributed by atoms with van der Waals surface area (Å²) in [5, 5.41) is 22.1. The molecule has 0 aliphatic heterocycles. The maximum absolute atomic E-state index is 13.1. The number of nitrogens with two attached hydrogens (primary N) is 2. The number of carboxylic acids is 2. The van der Waals surface area contributed by atoms with Gasteiger partial charge in [0, 0.05) is 25.4 Å². The van der Waals surface area contributed by atoms with E-state index in [4.69, 9.17) is 11.5 Å². The number of carbonyl (C=O) groups is 6. The fraction of sp³-hybridized carbons (Fsp3) is 0.400. The molecule has 0 fully saturated rings. The maximum atomic E-state index is 13.1. The lowest BCUT2D eigenvalue weighted by molar-refractivity contribution is -0.148. The lowest BCUT2D eigenvalue weighted by Crippen LogP contribution is -2.54. The molecule has 0 spiro atoms. The summed E-state index contributed by atoms with van der Waals surface area (Å²) >= 11 is 0. The Bertz CT molecular complexity index is 1360. The number of aromatic carboxylic acids is 1. The molecule has 0 saturated heterocycles. The number of amides is 5. The van der Waals surface area contributed by atoms with Crippen LogP contribution in [0.5, 0.6) is 0 Å². The standard InChI is InChI=1S/C30H39N5O8/c1-4-5-8-15-34(30(43)33-18(2)3)24(26(32)37)17-19-11-13-22(20(16-19)12-14-25(31)36)35(27(38)29(41)42)23-10-7-6-9-21(23)28(39)40/h6-7,9-11,13,16,18,24H,4-5,8,12,14-15,17H2,1-3H3,(H2,31,36)(H2,32,37)(H,33,43)(H,39,40)(H,41,42)/t24-/m0/s1. The normalized spacial score (nSPS) is 11.4. The number of benzene rings is 2. The average Bonchev–Trinajstić information content (AvgIpc) is 2.93. The monoisotopic (exact) mass is 597 g/mol. The predicted molar refractivity (Wildman–Crippen MR) is 159 cm³/mol. The van der Waals surface area contributed by atoms with E-state index in [0.29, 0.717) is 17.5 Å². The molecule has 2 rings (SSSR count). The van der Waals surface area contributed by atoms with Gasteiger partial charge in [-0.05, 0) is 56.0 Å². The van der Waals surface area contributed by atoms with Crippen molar-refractivity contribution in [2.75, 3.05) is 11.4 Å². The number of nitrogens with one attached hydrogen (secondary N) is 1. The second kappa shape index (κ2) is 15.9. The van der Waals surface area contributed by atoms with E-state index in [1.807, 2.05) is 6.92 Å². The molecular weight excluding hydrogens is 558 g/mol. The number of hydrogen-bond donors (Lipinski definition) is 5. The second-order valence-electron chi connectivity index (χ2n) is 10.3. The minimum absolute atomic E-state index is 0.0130. The Balaban J connectivity index is 2.67. The van der Waals surface area contributed by atoms with E-state index in [1.165, 1.54) is 41.3 Å². The Morgan fingerprint density at radius 1 is 0.930 bits per heavy atom. The van der Waals surface area contributed by atoms with Crippen molar-refractivity contribution in [3.63, 3.8) is 0 Å². The summed E-state index contributed by atoms with van der Waals surface area (Å²) < 4.78 is 0. The van der Waals surface area contributed by atoms with Gasteiger partial charge in [-0.1, -0.05) is 44.0 Å². The third-order valence-electron chi connectivity index (χ3n) is 6.60. The molecule has 0 aliphatic carbocycles. The Morgan fingerprint density at radius 3 is 2.16 bits per heavy atom. The first kappa shape index (κ1) is 34.3. The number of urea groups is 1. The molecule has 2 aromatic carbocycles. The molecule has 0 bridgehead atoms. The van der Waals surface area contributed by atoms with Crippen LogP contribution in [-0.2, 0) is 32.0 Å². The number of para-hydroxylation sites is 1. The number of aliphatic carboxylic acids is 1. The summed E-state index contributed by atoms with van der Waals surface area (Å²) in [5.74, 6) is -6.06. The first-order valence-electron chi connectivity index (χ1n) is 13.9. The number of carbonyl (C=O) groups excluding carboxylic acids is 4. The Hall–Kier alpha value is -4.94. The van der Waals surface area contributed by atoms with Gasteiger partial charge in [-0.3, -0.25) is 19.3 Å². The van der Waals surface area contributed by atoms with Gasteiger partial charge in [0.1, 0.15) is 6.04 Å². The molecule has 0 aliphatic rings. The third kappa shape index (κ3) is 9.55. The number of hydrogen-bond acceptors (Lipinski definition) is 6. The highest BCUT2D eigenvalue weighted by Crippen LogP contribution is 2.33. The Kier molecular flexibility index (Phi) is 12.7. The van der Waals surface area contributed by atoms with Crippen molar-refractivity contribution in [1.82, 2.24) is 10.2 Å². The van der Waals surface area contributed by atoms with Gasteiger partial charge in [0.15, 0.2) is 0 Å². The molecule has 43 heavy (non-hydrogen) atoms. The Labute approximate surface area is 249 Å². The molecule has 0 unspecified atom stereocenters. The number of carboxylic acid groups (broad SMARTS) is 2. The molecule has 0 saturated carbocycles. The quantitative estimate of drug-likeness (QED) is 0.152. The maximum Gasteiger partial charge on any atom is 0.395 e. The smallest absolute Gasteiger partial charge is 0.395 e. The van der Waals surface area contributed by atoms with Gasteiger partial charge in [-0.15, -0.1) is 0 Å². The van der Waals surface area contributed by atoms with E-state index in [2.05, 4.69) is 5.32 Å². The first-order chi connectivity index (χ1) is 20.3. The predicted octanol–water partition coefficient (Wildman–Crippen LogP) is 2.56. The molecule has 5 amide bonds. The lowest BCUT2D eigenvalue weighted by Gasteiger charge is -2.31. The van der Waals surface area contributed by atoms with Crippen LogP contribution >= 0.6 is 0 Å². The van der Waals surface area contributed by atoms with Gasteiger partial charge < -0.3 is 31.9 Å². The molecule has 13 nitrogen and oxygen atoms in total.